The van der Waals surface area contributed by atoms with Crippen LogP contribution in [0.25, 0.3) is 0 Å². The summed E-state index contributed by atoms with van der Waals surface area (Å²) in [5.74, 6) is -1.19. The fourth-order valence-electron chi connectivity index (χ4n) is 3.38. The molecule has 2 rings (SSSR count). The lowest BCUT2D eigenvalue weighted by atomic mass is 9.89. The summed E-state index contributed by atoms with van der Waals surface area (Å²) in [6, 6.07) is -2.10. The number of hydrogen-bond donors (Lipinski definition) is 7. The highest BCUT2D eigenvalue weighted by Crippen LogP contribution is 2.61. The van der Waals surface area contributed by atoms with Crippen molar-refractivity contribution in [2.75, 3.05) is 13.2 Å². The summed E-state index contributed by atoms with van der Waals surface area (Å²) in [7, 11) is -9.15. The third kappa shape index (κ3) is 7.03. The molecule has 0 saturated carbocycles. The molecule has 18 heteroatoms. The van der Waals surface area contributed by atoms with Crippen LogP contribution >= 0.6 is 15.6 Å². The fourth-order valence-corrected chi connectivity index (χ4v) is 5.55. The third-order valence-corrected chi connectivity index (χ3v) is 7.74. The van der Waals surface area contributed by atoms with Gasteiger partial charge in [0.15, 0.2) is 6.29 Å². The van der Waals surface area contributed by atoms with Gasteiger partial charge in [-0.2, -0.15) is 4.31 Å². The number of phosphoric ester groups is 2. The number of carbonyl (C=O) groups excluding carboxylic acids is 1. The normalized spacial score (nSPS) is 41.6. The van der Waals surface area contributed by atoms with Gasteiger partial charge in [-0.25, -0.2) is 9.13 Å². The highest BCUT2D eigenvalue weighted by molar-refractivity contribution is 7.61. The fraction of sp³-hybridized carbons (Fsp3) is 0.929. The lowest BCUT2D eigenvalue weighted by molar-refractivity contribution is -0.218. The molecule has 0 radical (unpaired) electrons. The second-order valence-electron chi connectivity index (χ2n) is 7.64. The molecule has 2 fully saturated rings. The Kier molecular flexibility index (Phi) is 9.44. The standard InChI is InChI=1S/C14H29BN2O13P2/c1-5-7(3-16)28-14(9(10(5)19)17-6(2)18)29-32(24,25)30-31(22,23)26-4-8-11(20)12(21)13(15)27-8/h5,7-14,19-21H,3-4,15-16H2,1-2H3,(H,17,18)(H,22,23)(H,24,25). The molecular formula is C14H29BN2O13P2. The molecule has 0 aliphatic carbocycles. The number of hydrogen-bond acceptors (Lipinski definition) is 12. The predicted molar refractivity (Wildman–Crippen MR) is 107 cm³/mol. The number of rotatable bonds is 9. The predicted octanol–water partition coefficient (Wildman–Crippen LogP) is -3.50. The molecule has 11 unspecified atom stereocenters. The monoisotopic (exact) mass is 506 g/mol. The molecule has 0 aromatic rings. The van der Waals surface area contributed by atoms with Crippen molar-refractivity contribution < 1.29 is 61.9 Å². The van der Waals surface area contributed by atoms with Crippen LogP contribution in [0.2, 0.25) is 0 Å². The first-order valence-corrected chi connectivity index (χ1v) is 12.7. The van der Waals surface area contributed by atoms with E-state index in [4.69, 9.17) is 19.7 Å². The van der Waals surface area contributed by atoms with Gasteiger partial charge in [0, 0.05) is 19.4 Å². The van der Waals surface area contributed by atoms with Gasteiger partial charge < -0.3 is 45.6 Å². The summed E-state index contributed by atoms with van der Waals surface area (Å²) in [6.45, 7) is 1.86. The Bertz CT molecular complexity index is 762. The zero-order chi connectivity index (χ0) is 24.4. The van der Waals surface area contributed by atoms with E-state index in [1.165, 1.54) is 7.85 Å². The van der Waals surface area contributed by atoms with Crippen molar-refractivity contribution in [1.82, 2.24) is 5.32 Å². The maximum Gasteiger partial charge on any atom is 0.483 e. The number of nitrogens with two attached hydrogens (primary N) is 1. The number of carbonyl (C=O) groups is 1. The van der Waals surface area contributed by atoms with Crippen LogP contribution in [0.3, 0.4) is 0 Å². The van der Waals surface area contributed by atoms with Gasteiger partial charge in [0.25, 0.3) is 0 Å². The molecular weight excluding hydrogens is 477 g/mol. The quantitative estimate of drug-likeness (QED) is 0.119. The van der Waals surface area contributed by atoms with Crippen molar-refractivity contribution >= 4 is 29.4 Å². The maximum absolute atomic E-state index is 12.3. The number of ether oxygens (including phenoxy) is 2. The summed E-state index contributed by atoms with van der Waals surface area (Å²) in [4.78, 5) is 31.2. The minimum atomic E-state index is -5.37. The largest absolute Gasteiger partial charge is 0.483 e. The molecule has 1 amide bonds. The minimum absolute atomic E-state index is 0.100. The second-order valence-corrected chi connectivity index (χ2v) is 10.6. The molecule has 8 N–H and O–H groups in total. The lowest BCUT2D eigenvalue weighted by Crippen LogP contribution is -2.62. The molecule has 15 nitrogen and oxygen atoms in total. The Hall–Kier alpha value is -0.445. The average molecular weight is 506 g/mol. The maximum atomic E-state index is 12.3. The van der Waals surface area contributed by atoms with E-state index in [-0.39, 0.29) is 6.54 Å². The third-order valence-electron chi connectivity index (χ3n) is 5.14. The summed E-state index contributed by atoms with van der Waals surface area (Å²) in [5, 5.41) is 32.2. The number of amides is 1. The molecule has 11 atom stereocenters. The first-order chi connectivity index (χ1) is 14.7. The second kappa shape index (κ2) is 10.9. The van der Waals surface area contributed by atoms with Gasteiger partial charge in [-0.1, -0.05) is 6.92 Å². The molecule has 0 aromatic carbocycles. The first kappa shape index (κ1) is 27.8. The van der Waals surface area contributed by atoms with Crippen LogP contribution in [-0.4, -0.2) is 101 Å². The Labute approximate surface area is 184 Å². The molecule has 0 spiro atoms. The van der Waals surface area contributed by atoms with E-state index in [9.17, 15) is 39.0 Å². The van der Waals surface area contributed by atoms with Crippen LogP contribution < -0.4 is 11.1 Å². The minimum Gasteiger partial charge on any atom is -0.390 e. The molecule has 2 heterocycles. The van der Waals surface area contributed by atoms with Crippen LogP contribution in [0.4, 0.5) is 0 Å². The van der Waals surface area contributed by atoms with E-state index in [0.717, 1.165) is 6.92 Å². The number of phosphoric acid groups is 2. The molecule has 2 aliphatic heterocycles. The molecule has 32 heavy (non-hydrogen) atoms. The Morgan fingerprint density at radius 2 is 1.72 bits per heavy atom. The topological polar surface area (TPSA) is 237 Å². The first-order valence-electron chi connectivity index (χ1n) is 9.69. The van der Waals surface area contributed by atoms with Gasteiger partial charge in [0.05, 0.1) is 24.8 Å². The van der Waals surface area contributed by atoms with E-state index in [2.05, 4.69) is 14.2 Å². The molecule has 0 bridgehead atoms. The summed E-state index contributed by atoms with van der Waals surface area (Å²) in [6.07, 6.45) is -7.76. The van der Waals surface area contributed by atoms with Crippen molar-refractivity contribution in [3.8, 4) is 0 Å². The number of aliphatic hydroxyl groups excluding tert-OH is 3. The van der Waals surface area contributed by atoms with Gasteiger partial charge in [-0.3, -0.25) is 13.8 Å². The van der Waals surface area contributed by atoms with Crippen molar-refractivity contribution in [2.24, 2.45) is 11.7 Å². The Balaban J connectivity index is 2.04. The molecule has 0 aromatic heterocycles. The van der Waals surface area contributed by atoms with E-state index < -0.39 is 82.9 Å². The SMILES string of the molecule is BC1OC(COP(=O)(O)OP(=O)(O)OC2OC(CN)C(C)C(O)C2NC(C)=O)C(O)C1O. The summed E-state index contributed by atoms with van der Waals surface area (Å²) >= 11 is 0. The number of aliphatic hydroxyl groups is 3. The van der Waals surface area contributed by atoms with E-state index in [1.807, 2.05) is 0 Å². The van der Waals surface area contributed by atoms with Crippen LogP contribution in [0.15, 0.2) is 0 Å². The highest BCUT2D eigenvalue weighted by Gasteiger charge is 2.48. The zero-order valence-corrected chi connectivity index (χ0v) is 19.4. The van der Waals surface area contributed by atoms with Gasteiger partial charge in [0.2, 0.25) is 5.91 Å². The Morgan fingerprint density at radius 3 is 2.22 bits per heavy atom. The van der Waals surface area contributed by atoms with Crippen molar-refractivity contribution in [3.05, 3.63) is 0 Å². The zero-order valence-electron chi connectivity index (χ0n) is 17.6. The van der Waals surface area contributed by atoms with Crippen molar-refractivity contribution in [2.45, 2.75) is 62.7 Å². The van der Waals surface area contributed by atoms with Crippen LogP contribution in [0.1, 0.15) is 13.8 Å². The summed E-state index contributed by atoms with van der Waals surface area (Å²) in [5.41, 5.74) is 5.56. The highest BCUT2D eigenvalue weighted by atomic mass is 31.3. The molecule has 2 saturated heterocycles. The lowest BCUT2D eigenvalue weighted by Gasteiger charge is -2.43. The van der Waals surface area contributed by atoms with Crippen LogP contribution in [-0.2, 0) is 36.8 Å². The average Bonchev–Trinajstić information content (AvgIpc) is 2.91. The van der Waals surface area contributed by atoms with Crippen LogP contribution in [0.5, 0.6) is 0 Å². The van der Waals surface area contributed by atoms with Crippen molar-refractivity contribution in [1.29, 1.82) is 0 Å². The van der Waals surface area contributed by atoms with Crippen molar-refractivity contribution in [3.63, 3.8) is 0 Å². The number of nitrogens with one attached hydrogen (secondary N) is 1. The smallest absolute Gasteiger partial charge is 0.390 e. The molecule has 2 aliphatic rings. The van der Waals surface area contributed by atoms with Gasteiger partial charge in [0.1, 0.15) is 32.2 Å². The van der Waals surface area contributed by atoms with Gasteiger partial charge in [-0.05, 0) is 0 Å². The van der Waals surface area contributed by atoms with Crippen LogP contribution in [0, 0.1) is 5.92 Å². The van der Waals surface area contributed by atoms with Gasteiger partial charge >= 0.3 is 15.6 Å². The van der Waals surface area contributed by atoms with E-state index in [1.54, 1.807) is 6.92 Å². The van der Waals surface area contributed by atoms with E-state index in [0.29, 0.717) is 0 Å². The molecule has 186 valence electrons. The van der Waals surface area contributed by atoms with E-state index >= 15 is 0 Å². The Morgan fingerprint density at radius 1 is 1.09 bits per heavy atom. The van der Waals surface area contributed by atoms with Gasteiger partial charge in [-0.15, -0.1) is 0 Å². The summed E-state index contributed by atoms with van der Waals surface area (Å²) < 4.78 is 48.7.